The van der Waals surface area contributed by atoms with Gasteiger partial charge in [-0.05, 0) is 59.8 Å². The number of ether oxygens (including phenoxy) is 1. The number of nitrogens with one attached hydrogen (secondary N) is 1. The number of hydrogen-bond acceptors (Lipinski definition) is 2. The number of hydrogen-bond donors (Lipinski definition) is 1. The maximum Gasteiger partial charge on any atom is 0.227 e. The van der Waals surface area contributed by atoms with Gasteiger partial charge in [0.25, 0.3) is 0 Å². The summed E-state index contributed by atoms with van der Waals surface area (Å²) in [6.07, 6.45) is 3.64. The number of aryl methyl sites for hydroxylation is 1. The van der Waals surface area contributed by atoms with Crippen LogP contribution in [0.3, 0.4) is 0 Å². The molecule has 1 amide bonds. The quantitative estimate of drug-likeness (QED) is 0.885. The number of carbonyl (C=O) groups is 1. The molecule has 0 bridgehead atoms. The summed E-state index contributed by atoms with van der Waals surface area (Å²) in [7, 11) is 0. The number of rotatable bonds is 3. The van der Waals surface area contributed by atoms with Crippen molar-refractivity contribution in [3.8, 4) is 0 Å². The van der Waals surface area contributed by atoms with E-state index < -0.39 is 0 Å². The third kappa shape index (κ3) is 4.20. The second kappa shape index (κ2) is 6.73. The summed E-state index contributed by atoms with van der Waals surface area (Å²) in [5, 5.41) is 3.52. The van der Waals surface area contributed by atoms with Gasteiger partial charge in [0.05, 0.1) is 18.2 Å². The predicted octanol–water partition coefficient (Wildman–Crippen LogP) is 4.31. The van der Waals surface area contributed by atoms with E-state index >= 15 is 0 Å². The third-order valence-electron chi connectivity index (χ3n) is 3.21. The van der Waals surface area contributed by atoms with E-state index in [2.05, 4.69) is 21.2 Å². The van der Waals surface area contributed by atoms with Gasteiger partial charge in [0.15, 0.2) is 0 Å². The SMILES string of the molecule is Cc1cc(Br)c(NC(=O)CC2CCCCO2)cc1Cl. The van der Waals surface area contributed by atoms with Gasteiger partial charge in [-0.1, -0.05) is 11.6 Å². The zero-order valence-corrected chi connectivity index (χ0v) is 13.2. The normalized spacial score (nSPS) is 19.2. The zero-order valence-electron chi connectivity index (χ0n) is 10.8. The van der Waals surface area contributed by atoms with E-state index in [1.165, 1.54) is 0 Å². The first-order valence-corrected chi connectivity index (χ1v) is 7.60. The molecule has 1 unspecified atom stereocenters. The fourth-order valence-corrected chi connectivity index (χ4v) is 2.84. The highest BCUT2D eigenvalue weighted by molar-refractivity contribution is 9.10. The Balaban J connectivity index is 1.96. The van der Waals surface area contributed by atoms with Crippen molar-refractivity contribution >= 4 is 39.1 Å². The van der Waals surface area contributed by atoms with E-state index in [1.54, 1.807) is 6.07 Å². The van der Waals surface area contributed by atoms with E-state index in [-0.39, 0.29) is 12.0 Å². The minimum atomic E-state index is -0.0347. The van der Waals surface area contributed by atoms with Crippen molar-refractivity contribution < 1.29 is 9.53 Å². The summed E-state index contributed by atoms with van der Waals surface area (Å²) in [4.78, 5) is 12.0. The molecule has 1 aliphatic rings. The van der Waals surface area contributed by atoms with Crippen LogP contribution in [-0.4, -0.2) is 18.6 Å². The zero-order chi connectivity index (χ0) is 13.8. The smallest absolute Gasteiger partial charge is 0.227 e. The van der Waals surface area contributed by atoms with Crippen LogP contribution in [0.15, 0.2) is 16.6 Å². The summed E-state index contributed by atoms with van der Waals surface area (Å²) in [5.74, 6) is -0.0347. The standard InChI is InChI=1S/C14H17BrClNO2/c1-9-6-11(15)13(8-12(9)16)17-14(18)7-10-4-2-3-5-19-10/h6,8,10H,2-5,7H2,1H3,(H,17,18). The molecule has 1 aromatic rings. The molecule has 0 saturated carbocycles. The lowest BCUT2D eigenvalue weighted by molar-refractivity contribution is -0.119. The van der Waals surface area contributed by atoms with Crippen LogP contribution in [0.25, 0.3) is 0 Å². The van der Waals surface area contributed by atoms with Crippen molar-refractivity contribution in [2.75, 3.05) is 11.9 Å². The first-order valence-electron chi connectivity index (χ1n) is 6.43. The number of anilines is 1. The largest absolute Gasteiger partial charge is 0.378 e. The van der Waals surface area contributed by atoms with Gasteiger partial charge in [-0.25, -0.2) is 0 Å². The maximum atomic E-state index is 12.0. The second-order valence-electron chi connectivity index (χ2n) is 4.82. The fourth-order valence-electron chi connectivity index (χ4n) is 2.12. The minimum absolute atomic E-state index is 0.0347. The van der Waals surface area contributed by atoms with Crippen LogP contribution in [0.1, 0.15) is 31.2 Å². The first kappa shape index (κ1) is 14.8. The lowest BCUT2D eigenvalue weighted by Crippen LogP contribution is -2.25. The van der Waals surface area contributed by atoms with Crippen molar-refractivity contribution in [2.24, 2.45) is 0 Å². The third-order valence-corrected chi connectivity index (χ3v) is 4.27. The molecule has 1 N–H and O–H groups in total. The second-order valence-corrected chi connectivity index (χ2v) is 6.08. The molecule has 1 aromatic carbocycles. The van der Waals surface area contributed by atoms with Crippen molar-refractivity contribution in [1.29, 1.82) is 0 Å². The topological polar surface area (TPSA) is 38.3 Å². The van der Waals surface area contributed by atoms with E-state index in [9.17, 15) is 4.79 Å². The Morgan fingerprint density at radius 1 is 1.53 bits per heavy atom. The van der Waals surface area contributed by atoms with Crippen LogP contribution < -0.4 is 5.32 Å². The summed E-state index contributed by atoms with van der Waals surface area (Å²) < 4.78 is 6.40. The number of halogens is 2. The van der Waals surface area contributed by atoms with E-state index in [0.29, 0.717) is 17.1 Å². The molecule has 0 spiro atoms. The van der Waals surface area contributed by atoms with E-state index in [1.807, 2.05) is 13.0 Å². The van der Waals surface area contributed by atoms with E-state index in [0.717, 1.165) is 35.9 Å². The van der Waals surface area contributed by atoms with Gasteiger partial charge in [0.2, 0.25) is 5.91 Å². The summed E-state index contributed by atoms with van der Waals surface area (Å²) in [5.41, 5.74) is 1.68. The highest BCUT2D eigenvalue weighted by atomic mass is 79.9. The highest BCUT2D eigenvalue weighted by Crippen LogP contribution is 2.29. The van der Waals surface area contributed by atoms with E-state index in [4.69, 9.17) is 16.3 Å². The van der Waals surface area contributed by atoms with Crippen molar-refractivity contribution in [3.63, 3.8) is 0 Å². The molecule has 1 heterocycles. The Bertz CT molecular complexity index is 473. The van der Waals surface area contributed by atoms with Crippen LogP contribution in [-0.2, 0) is 9.53 Å². The number of amides is 1. The molecule has 104 valence electrons. The highest BCUT2D eigenvalue weighted by Gasteiger charge is 2.18. The fraction of sp³-hybridized carbons (Fsp3) is 0.500. The molecular weight excluding hydrogens is 330 g/mol. The lowest BCUT2D eigenvalue weighted by atomic mass is 10.1. The summed E-state index contributed by atoms with van der Waals surface area (Å²) >= 11 is 9.49. The molecule has 0 aromatic heterocycles. The molecule has 19 heavy (non-hydrogen) atoms. The van der Waals surface area contributed by atoms with Crippen molar-refractivity contribution in [1.82, 2.24) is 0 Å². The summed E-state index contributed by atoms with van der Waals surface area (Å²) in [6, 6.07) is 3.66. The summed E-state index contributed by atoms with van der Waals surface area (Å²) in [6.45, 7) is 2.69. The Morgan fingerprint density at radius 2 is 2.32 bits per heavy atom. The van der Waals surface area contributed by atoms with Crippen LogP contribution >= 0.6 is 27.5 Å². The molecule has 1 atom stereocenters. The van der Waals surface area contributed by atoms with Crippen molar-refractivity contribution in [2.45, 2.75) is 38.7 Å². The Kier molecular flexibility index (Phi) is 5.25. The van der Waals surface area contributed by atoms with Gasteiger partial charge >= 0.3 is 0 Å². The van der Waals surface area contributed by atoms with Crippen LogP contribution in [0, 0.1) is 6.92 Å². The average molecular weight is 347 g/mol. The minimum Gasteiger partial charge on any atom is -0.378 e. The number of benzene rings is 1. The maximum absolute atomic E-state index is 12.0. The number of carbonyl (C=O) groups excluding carboxylic acids is 1. The Hall–Kier alpha value is -0.580. The molecular formula is C14H17BrClNO2. The van der Waals surface area contributed by atoms with Gasteiger partial charge in [-0.2, -0.15) is 0 Å². The molecule has 1 aliphatic heterocycles. The van der Waals surface area contributed by atoms with Gasteiger partial charge in [-0.3, -0.25) is 4.79 Å². The average Bonchev–Trinajstić information content (AvgIpc) is 2.37. The Morgan fingerprint density at radius 3 is 3.00 bits per heavy atom. The first-order chi connectivity index (χ1) is 9.06. The molecule has 2 rings (SSSR count). The van der Waals surface area contributed by atoms with Crippen LogP contribution in [0.5, 0.6) is 0 Å². The molecule has 0 radical (unpaired) electrons. The Labute approximate surface area is 126 Å². The van der Waals surface area contributed by atoms with Gasteiger partial charge in [-0.15, -0.1) is 0 Å². The lowest BCUT2D eigenvalue weighted by Gasteiger charge is -2.22. The monoisotopic (exact) mass is 345 g/mol. The van der Waals surface area contributed by atoms with Crippen LogP contribution in [0.4, 0.5) is 5.69 Å². The molecule has 1 saturated heterocycles. The molecule has 1 fully saturated rings. The molecule has 5 heteroatoms. The van der Waals surface area contributed by atoms with Crippen molar-refractivity contribution in [3.05, 3.63) is 27.2 Å². The van der Waals surface area contributed by atoms with Gasteiger partial charge in [0, 0.05) is 16.1 Å². The predicted molar refractivity (Wildman–Crippen MR) is 80.7 cm³/mol. The van der Waals surface area contributed by atoms with Gasteiger partial charge < -0.3 is 10.1 Å². The van der Waals surface area contributed by atoms with Crippen LogP contribution in [0.2, 0.25) is 5.02 Å². The molecule has 3 nitrogen and oxygen atoms in total. The van der Waals surface area contributed by atoms with Gasteiger partial charge in [0.1, 0.15) is 0 Å². The molecule has 0 aliphatic carbocycles.